The first-order chi connectivity index (χ1) is 15.1. The van der Waals surface area contributed by atoms with Crippen LogP contribution < -0.4 is 19.5 Å². The second kappa shape index (κ2) is 11.4. The van der Waals surface area contributed by atoms with E-state index in [1.165, 1.54) is 19.4 Å². The predicted molar refractivity (Wildman–Crippen MR) is 116 cm³/mol. The van der Waals surface area contributed by atoms with Crippen molar-refractivity contribution < 1.29 is 31.5 Å². The Kier molecular flexibility index (Phi) is 9.17. The van der Waals surface area contributed by atoms with Crippen LogP contribution in [0.3, 0.4) is 0 Å². The van der Waals surface area contributed by atoms with Gasteiger partial charge in [0.05, 0.1) is 24.1 Å². The maximum Gasteiger partial charge on any atom is 0.267 e. The average molecular weight is 492 g/mol. The molecular weight excluding hydrogens is 468 g/mol. The number of hydrogen-bond donors (Lipinski definition) is 2. The molecule has 0 radical (unpaired) electrons. The average Bonchev–Trinajstić information content (AvgIpc) is 3.57. The SMILES string of the molecule is CCNCC.COc1ncc(Oc2cc(F)c(C(=O)NS(=O)(=O)C3CC3)cc2F)cc1Cl. The van der Waals surface area contributed by atoms with Crippen LogP contribution in [0.2, 0.25) is 5.02 Å². The van der Waals surface area contributed by atoms with Crippen LogP contribution in [0.25, 0.3) is 0 Å². The molecule has 0 spiro atoms. The molecule has 1 heterocycles. The van der Waals surface area contributed by atoms with Crippen molar-refractivity contribution in [1.82, 2.24) is 15.0 Å². The molecule has 1 aliphatic carbocycles. The van der Waals surface area contributed by atoms with Crippen molar-refractivity contribution >= 4 is 27.5 Å². The minimum Gasteiger partial charge on any atom is -0.480 e. The first-order valence-electron chi connectivity index (χ1n) is 9.76. The smallest absolute Gasteiger partial charge is 0.267 e. The van der Waals surface area contributed by atoms with Crippen LogP contribution in [0.4, 0.5) is 8.78 Å². The van der Waals surface area contributed by atoms with E-state index in [0.717, 1.165) is 13.1 Å². The summed E-state index contributed by atoms with van der Waals surface area (Å²) >= 11 is 5.88. The summed E-state index contributed by atoms with van der Waals surface area (Å²) < 4.78 is 63.8. The molecule has 12 heteroatoms. The third-order valence-electron chi connectivity index (χ3n) is 4.17. The number of carbonyl (C=O) groups is 1. The zero-order chi connectivity index (χ0) is 23.9. The quantitative estimate of drug-likeness (QED) is 0.580. The van der Waals surface area contributed by atoms with Crippen LogP contribution in [0.15, 0.2) is 24.4 Å². The molecule has 1 amide bonds. The number of hydrogen-bond acceptors (Lipinski definition) is 7. The first kappa shape index (κ1) is 25.8. The molecular formula is C20H24ClF2N3O5S. The van der Waals surface area contributed by atoms with Gasteiger partial charge in [-0.3, -0.25) is 4.79 Å². The summed E-state index contributed by atoms with van der Waals surface area (Å²) in [4.78, 5) is 15.8. The van der Waals surface area contributed by atoms with Gasteiger partial charge in [-0.1, -0.05) is 25.4 Å². The van der Waals surface area contributed by atoms with Gasteiger partial charge in [-0.05, 0) is 32.0 Å². The summed E-state index contributed by atoms with van der Waals surface area (Å²) in [6, 6.07) is 2.47. The fourth-order valence-electron chi connectivity index (χ4n) is 2.42. The lowest BCUT2D eigenvalue weighted by molar-refractivity contribution is 0.0977. The van der Waals surface area contributed by atoms with E-state index in [0.29, 0.717) is 25.0 Å². The monoisotopic (exact) mass is 491 g/mol. The van der Waals surface area contributed by atoms with Crippen LogP contribution in [-0.2, 0) is 10.0 Å². The first-order valence-corrected chi connectivity index (χ1v) is 11.7. The van der Waals surface area contributed by atoms with Gasteiger partial charge < -0.3 is 14.8 Å². The molecule has 32 heavy (non-hydrogen) atoms. The second-order valence-electron chi connectivity index (χ2n) is 6.66. The lowest BCUT2D eigenvalue weighted by Gasteiger charge is -2.11. The van der Waals surface area contributed by atoms with Gasteiger partial charge in [-0.2, -0.15) is 0 Å². The summed E-state index contributed by atoms with van der Waals surface area (Å²) in [5.41, 5.74) is -0.755. The highest BCUT2D eigenvalue weighted by Crippen LogP contribution is 2.31. The van der Waals surface area contributed by atoms with E-state index in [1.54, 1.807) is 4.72 Å². The number of benzene rings is 1. The van der Waals surface area contributed by atoms with Gasteiger partial charge in [0.15, 0.2) is 11.6 Å². The summed E-state index contributed by atoms with van der Waals surface area (Å²) in [5, 5.41) is 2.53. The Morgan fingerprint density at radius 2 is 1.84 bits per heavy atom. The van der Waals surface area contributed by atoms with E-state index in [9.17, 15) is 22.0 Å². The Morgan fingerprint density at radius 1 is 1.19 bits per heavy atom. The third-order valence-corrected chi connectivity index (χ3v) is 6.26. The van der Waals surface area contributed by atoms with Crippen molar-refractivity contribution in [3.63, 3.8) is 0 Å². The standard InChI is InChI=1S/C16H13ClF2N2O5S.C4H11N/c1-25-16-11(17)4-8(7-20-16)26-14-6-12(18)10(5-13(14)19)15(22)21-27(23,24)9-2-3-9;1-3-5-4-2/h4-7,9H,2-3H2,1H3,(H,21,22);5H,3-4H2,1-2H3. The third kappa shape index (κ3) is 7.01. The molecule has 0 atom stereocenters. The minimum atomic E-state index is -3.89. The Bertz CT molecular complexity index is 1060. The minimum absolute atomic E-state index is 0.00705. The van der Waals surface area contributed by atoms with Crippen LogP contribution >= 0.6 is 11.6 Å². The number of nitrogens with one attached hydrogen (secondary N) is 2. The van der Waals surface area contributed by atoms with Crippen molar-refractivity contribution in [1.29, 1.82) is 0 Å². The van der Waals surface area contributed by atoms with Crippen molar-refractivity contribution in [2.45, 2.75) is 31.9 Å². The van der Waals surface area contributed by atoms with Crippen molar-refractivity contribution in [2.24, 2.45) is 0 Å². The van der Waals surface area contributed by atoms with Crippen LogP contribution in [0, 0.1) is 11.6 Å². The van der Waals surface area contributed by atoms with Gasteiger partial charge in [0.1, 0.15) is 16.6 Å². The summed E-state index contributed by atoms with van der Waals surface area (Å²) in [7, 11) is -2.53. The molecule has 176 valence electrons. The highest BCUT2D eigenvalue weighted by Gasteiger charge is 2.37. The highest BCUT2D eigenvalue weighted by molar-refractivity contribution is 7.91. The van der Waals surface area contributed by atoms with Crippen molar-refractivity contribution in [2.75, 3.05) is 20.2 Å². The molecule has 0 saturated heterocycles. The number of pyridine rings is 1. The van der Waals surface area contributed by atoms with Crippen molar-refractivity contribution in [3.8, 4) is 17.4 Å². The maximum atomic E-state index is 14.2. The van der Waals surface area contributed by atoms with Crippen LogP contribution in [0.5, 0.6) is 17.4 Å². The number of carbonyl (C=O) groups excluding carboxylic acids is 1. The van der Waals surface area contributed by atoms with Gasteiger partial charge in [0.25, 0.3) is 5.91 Å². The topological polar surface area (TPSA) is 107 Å². The van der Waals surface area contributed by atoms with Crippen molar-refractivity contribution in [3.05, 3.63) is 46.6 Å². The molecule has 0 bridgehead atoms. The van der Waals surface area contributed by atoms with Gasteiger partial charge in [0, 0.05) is 12.1 Å². The largest absolute Gasteiger partial charge is 0.480 e. The summed E-state index contributed by atoms with van der Waals surface area (Å²) in [5.74, 6) is -3.87. The number of aromatic nitrogens is 1. The predicted octanol–water partition coefficient (Wildman–Crippen LogP) is 3.65. The Balaban J connectivity index is 0.000000654. The van der Waals surface area contributed by atoms with E-state index in [2.05, 4.69) is 24.1 Å². The number of nitrogens with zero attached hydrogens (tertiary/aromatic N) is 1. The van der Waals surface area contributed by atoms with E-state index in [4.69, 9.17) is 21.1 Å². The maximum absolute atomic E-state index is 14.2. The molecule has 0 unspecified atom stereocenters. The summed E-state index contributed by atoms with van der Waals surface area (Å²) in [6.45, 7) is 6.39. The van der Waals surface area contributed by atoms with E-state index in [-0.39, 0.29) is 16.7 Å². The molecule has 1 aromatic carbocycles. The number of amides is 1. The Morgan fingerprint density at radius 3 is 2.34 bits per heavy atom. The lowest BCUT2D eigenvalue weighted by atomic mass is 10.2. The molecule has 3 rings (SSSR count). The summed E-state index contributed by atoms with van der Waals surface area (Å²) in [6.07, 6.45) is 2.03. The zero-order valence-electron chi connectivity index (χ0n) is 17.7. The number of ether oxygens (including phenoxy) is 2. The van der Waals surface area contributed by atoms with E-state index in [1.807, 2.05) is 0 Å². The molecule has 8 nitrogen and oxygen atoms in total. The molecule has 1 aliphatic rings. The van der Waals surface area contributed by atoms with Gasteiger partial charge in [-0.15, -0.1) is 0 Å². The molecule has 0 aliphatic heterocycles. The number of methoxy groups -OCH3 is 1. The van der Waals surface area contributed by atoms with Gasteiger partial charge in [0.2, 0.25) is 15.9 Å². The fraction of sp³-hybridized carbons (Fsp3) is 0.400. The van der Waals surface area contributed by atoms with Gasteiger partial charge in [-0.25, -0.2) is 26.9 Å². The van der Waals surface area contributed by atoms with Crippen LogP contribution in [0.1, 0.15) is 37.0 Å². The molecule has 1 fully saturated rings. The van der Waals surface area contributed by atoms with E-state index < -0.39 is 44.1 Å². The fourth-order valence-corrected chi connectivity index (χ4v) is 3.94. The van der Waals surface area contributed by atoms with E-state index >= 15 is 0 Å². The highest BCUT2D eigenvalue weighted by atomic mass is 35.5. The second-order valence-corrected chi connectivity index (χ2v) is 9.03. The van der Waals surface area contributed by atoms with Gasteiger partial charge >= 0.3 is 0 Å². The molecule has 2 aromatic rings. The number of rotatable bonds is 8. The zero-order valence-corrected chi connectivity index (χ0v) is 19.3. The normalized spacial score (nSPS) is 13.1. The Labute approximate surface area is 190 Å². The number of halogens is 3. The molecule has 2 N–H and O–H groups in total. The molecule has 1 aromatic heterocycles. The van der Waals surface area contributed by atoms with Crippen LogP contribution in [-0.4, -0.2) is 44.8 Å². The molecule has 1 saturated carbocycles. The Hall–Kier alpha value is -2.50. The lowest BCUT2D eigenvalue weighted by Crippen LogP contribution is -2.33. The number of sulfonamides is 1.